The van der Waals surface area contributed by atoms with E-state index in [1.165, 1.54) is 33.5 Å². The predicted molar refractivity (Wildman–Crippen MR) is 95.6 cm³/mol. The summed E-state index contributed by atoms with van der Waals surface area (Å²) in [7, 11) is 4.20. The summed E-state index contributed by atoms with van der Waals surface area (Å²) in [5.41, 5.74) is -0.0533. The first-order chi connectivity index (χ1) is 12.8. The highest BCUT2D eigenvalue weighted by molar-refractivity contribution is 6.12. The monoisotopic (exact) mass is 386 g/mol. The van der Waals surface area contributed by atoms with Gasteiger partial charge in [0, 0.05) is 39.7 Å². The van der Waals surface area contributed by atoms with Crippen LogP contribution in [-0.2, 0) is 25.5 Å². The minimum Gasteiger partial charge on any atom is -0.509 e. The van der Waals surface area contributed by atoms with Crippen LogP contribution in [0.25, 0.3) is 0 Å². The second-order valence-electron chi connectivity index (χ2n) is 5.58. The average molecular weight is 386 g/mol. The second-order valence-corrected chi connectivity index (χ2v) is 5.58. The molecule has 150 valence electrons. The molecule has 9 heteroatoms. The summed E-state index contributed by atoms with van der Waals surface area (Å²) in [5, 5.41) is 12.4. The Bertz CT molecular complexity index is 680. The van der Waals surface area contributed by atoms with Crippen molar-refractivity contribution in [1.29, 1.82) is 0 Å². The van der Waals surface area contributed by atoms with Crippen molar-refractivity contribution in [3.63, 3.8) is 0 Å². The number of aryl methyl sites for hydroxylation is 1. The summed E-state index contributed by atoms with van der Waals surface area (Å²) < 4.78 is 42.5. The first-order valence-electron chi connectivity index (χ1n) is 8.03. The van der Waals surface area contributed by atoms with Crippen molar-refractivity contribution in [1.82, 2.24) is 5.32 Å². The van der Waals surface area contributed by atoms with E-state index in [4.69, 9.17) is 14.2 Å². The van der Waals surface area contributed by atoms with Gasteiger partial charge in [0.1, 0.15) is 24.0 Å². The minimum absolute atomic E-state index is 0.0747. The Hall–Kier alpha value is -2.36. The van der Waals surface area contributed by atoms with Gasteiger partial charge in [-0.15, -0.1) is 0 Å². The van der Waals surface area contributed by atoms with Crippen molar-refractivity contribution >= 4 is 12.1 Å². The number of halogens is 2. The molecule has 0 radical (unpaired) electrons. The number of carbonyl (C=O) groups excluding carboxylic acids is 1. The van der Waals surface area contributed by atoms with Gasteiger partial charge in [0.2, 0.25) is 0 Å². The molecule has 0 spiro atoms. The molecular weight excluding hydrogens is 362 g/mol. The van der Waals surface area contributed by atoms with Gasteiger partial charge in [0.25, 0.3) is 5.91 Å². The van der Waals surface area contributed by atoms with Gasteiger partial charge < -0.3 is 24.6 Å². The van der Waals surface area contributed by atoms with Crippen LogP contribution in [0.3, 0.4) is 0 Å². The third-order valence-corrected chi connectivity index (χ3v) is 3.55. The molecule has 1 aromatic rings. The zero-order valence-electron chi connectivity index (χ0n) is 15.7. The highest BCUT2D eigenvalue weighted by Crippen LogP contribution is 2.15. The molecule has 0 heterocycles. The van der Waals surface area contributed by atoms with Gasteiger partial charge in [-0.05, 0) is 24.6 Å². The number of aliphatic hydroxyl groups is 1. The molecule has 2 N–H and O–H groups in total. The third kappa shape index (κ3) is 7.05. The zero-order chi connectivity index (χ0) is 20.4. The van der Waals surface area contributed by atoms with E-state index in [0.717, 1.165) is 6.21 Å². The van der Waals surface area contributed by atoms with Crippen LogP contribution in [0.1, 0.15) is 11.1 Å². The molecule has 0 aromatic heterocycles. The molecule has 0 bridgehead atoms. The first-order valence-corrected chi connectivity index (χ1v) is 8.03. The topological polar surface area (TPSA) is 89.4 Å². The number of hydrogen-bond acceptors (Lipinski definition) is 6. The van der Waals surface area contributed by atoms with E-state index in [-0.39, 0.29) is 30.0 Å². The lowest BCUT2D eigenvalue weighted by molar-refractivity contribution is -0.117. The second kappa shape index (κ2) is 11.4. The van der Waals surface area contributed by atoms with Crippen molar-refractivity contribution in [3.05, 3.63) is 46.2 Å². The fourth-order valence-corrected chi connectivity index (χ4v) is 2.12. The van der Waals surface area contributed by atoms with Crippen molar-refractivity contribution < 1.29 is 32.9 Å². The number of carbonyl (C=O) groups is 1. The van der Waals surface area contributed by atoms with Crippen LogP contribution in [0.4, 0.5) is 8.78 Å². The number of amides is 1. The molecule has 0 aliphatic heterocycles. The van der Waals surface area contributed by atoms with Crippen LogP contribution in [-0.4, -0.2) is 58.0 Å². The summed E-state index contributed by atoms with van der Waals surface area (Å²) >= 11 is 0. The van der Waals surface area contributed by atoms with Crippen molar-refractivity contribution in [3.8, 4) is 0 Å². The number of nitrogens with one attached hydrogen (secondary N) is 1. The maximum atomic E-state index is 13.9. The SMILES string of the molecule is COCC(O)=C(C=NCC(OC)OC)C(=O)NCc1c(F)cc(C)cc1F. The van der Waals surface area contributed by atoms with E-state index in [2.05, 4.69) is 10.3 Å². The van der Waals surface area contributed by atoms with Gasteiger partial charge in [0.15, 0.2) is 6.29 Å². The van der Waals surface area contributed by atoms with Gasteiger partial charge in [-0.1, -0.05) is 0 Å². The number of rotatable bonds is 10. The van der Waals surface area contributed by atoms with Crippen LogP contribution < -0.4 is 5.32 Å². The maximum Gasteiger partial charge on any atom is 0.256 e. The van der Waals surface area contributed by atoms with E-state index in [9.17, 15) is 18.7 Å². The van der Waals surface area contributed by atoms with Crippen molar-refractivity contribution in [2.75, 3.05) is 34.5 Å². The Balaban J connectivity index is 2.92. The van der Waals surface area contributed by atoms with Gasteiger partial charge in [-0.2, -0.15) is 0 Å². The molecular formula is C18H24F2N2O5. The lowest BCUT2D eigenvalue weighted by Gasteiger charge is -2.11. The van der Waals surface area contributed by atoms with Crippen LogP contribution in [0.5, 0.6) is 0 Å². The van der Waals surface area contributed by atoms with Crippen LogP contribution in [0.2, 0.25) is 0 Å². The number of methoxy groups -OCH3 is 3. The lowest BCUT2D eigenvalue weighted by atomic mass is 10.1. The van der Waals surface area contributed by atoms with Crippen molar-refractivity contribution in [2.45, 2.75) is 19.8 Å². The fourth-order valence-electron chi connectivity index (χ4n) is 2.12. The first kappa shape index (κ1) is 22.7. The van der Waals surface area contributed by atoms with Crippen LogP contribution in [0.15, 0.2) is 28.5 Å². The Labute approximate surface area is 156 Å². The van der Waals surface area contributed by atoms with Crippen LogP contribution >= 0.6 is 0 Å². The van der Waals surface area contributed by atoms with E-state index in [1.807, 2.05) is 0 Å². The van der Waals surface area contributed by atoms with Gasteiger partial charge in [-0.3, -0.25) is 9.79 Å². The van der Waals surface area contributed by atoms with E-state index in [0.29, 0.717) is 5.56 Å². The highest BCUT2D eigenvalue weighted by Gasteiger charge is 2.16. The van der Waals surface area contributed by atoms with E-state index < -0.39 is 30.4 Å². The van der Waals surface area contributed by atoms with E-state index in [1.54, 1.807) is 6.92 Å². The third-order valence-electron chi connectivity index (χ3n) is 3.55. The lowest BCUT2D eigenvalue weighted by Crippen LogP contribution is -2.28. The zero-order valence-corrected chi connectivity index (χ0v) is 15.7. The van der Waals surface area contributed by atoms with Crippen molar-refractivity contribution in [2.24, 2.45) is 4.99 Å². The molecule has 7 nitrogen and oxygen atoms in total. The molecule has 0 saturated carbocycles. The number of ether oxygens (including phenoxy) is 3. The summed E-state index contributed by atoms with van der Waals surface area (Å²) in [6.45, 7) is 1.00. The molecule has 0 unspecified atom stereocenters. The summed E-state index contributed by atoms with van der Waals surface area (Å²) in [6, 6.07) is 2.33. The number of nitrogens with zero attached hydrogens (tertiary/aromatic N) is 1. The van der Waals surface area contributed by atoms with Gasteiger partial charge in [0.05, 0.1) is 12.1 Å². The van der Waals surface area contributed by atoms with Gasteiger partial charge in [-0.25, -0.2) is 8.78 Å². The standard InChI is InChI=1S/C18H24F2N2O5/c1-11-5-14(19)12(15(20)6-11)8-22-18(24)13(16(23)10-25-2)7-21-9-17(26-3)27-4/h5-7,17,23H,8-10H2,1-4H3,(H,22,24). The average Bonchev–Trinajstić information content (AvgIpc) is 2.61. The Morgan fingerprint density at radius 1 is 1.26 bits per heavy atom. The maximum absolute atomic E-state index is 13.9. The molecule has 0 aliphatic carbocycles. The summed E-state index contributed by atoms with van der Waals surface area (Å²) in [5.74, 6) is -2.68. The number of aliphatic imine (C=N–C) groups is 1. The van der Waals surface area contributed by atoms with Gasteiger partial charge >= 0.3 is 0 Å². The largest absolute Gasteiger partial charge is 0.509 e. The number of hydrogen-bond donors (Lipinski definition) is 2. The fraction of sp³-hybridized carbons (Fsp3) is 0.444. The molecule has 0 atom stereocenters. The summed E-state index contributed by atoms with van der Waals surface area (Å²) in [4.78, 5) is 16.3. The van der Waals surface area contributed by atoms with E-state index >= 15 is 0 Å². The molecule has 0 saturated heterocycles. The Morgan fingerprint density at radius 3 is 2.37 bits per heavy atom. The normalized spacial score (nSPS) is 12.6. The Kier molecular flexibility index (Phi) is 9.55. The summed E-state index contributed by atoms with van der Waals surface area (Å²) in [6.07, 6.45) is 0.502. The smallest absolute Gasteiger partial charge is 0.256 e. The molecule has 0 fully saturated rings. The Morgan fingerprint density at radius 2 is 1.85 bits per heavy atom. The molecule has 0 aliphatic rings. The molecule has 27 heavy (non-hydrogen) atoms. The minimum atomic E-state index is -0.767. The molecule has 1 aromatic carbocycles. The predicted octanol–water partition coefficient (Wildman–Crippen LogP) is 2.04. The number of benzene rings is 1. The number of aliphatic hydroxyl groups excluding tert-OH is 1. The van der Waals surface area contributed by atoms with Crippen LogP contribution in [0, 0.1) is 18.6 Å². The quantitative estimate of drug-likeness (QED) is 0.278. The molecule has 1 rings (SSSR count). The molecule has 1 amide bonds. The highest BCUT2D eigenvalue weighted by atomic mass is 19.1.